The van der Waals surface area contributed by atoms with Crippen LogP contribution in [0.25, 0.3) is 11.1 Å². The van der Waals surface area contributed by atoms with Gasteiger partial charge in [-0.1, -0.05) is 58.0 Å². The summed E-state index contributed by atoms with van der Waals surface area (Å²) < 4.78 is 5.13. The van der Waals surface area contributed by atoms with E-state index in [9.17, 15) is 4.79 Å². The molecule has 0 bridgehead atoms. The Morgan fingerprint density at radius 2 is 1.38 bits per heavy atom. The average Bonchev–Trinajstić information content (AvgIpc) is 2.73. The van der Waals surface area contributed by atoms with E-state index in [4.69, 9.17) is 4.74 Å². The Bertz CT molecular complexity index is 831. The summed E-state index contributed by atoms with van der Waals surface area (Å²) >= 11 is 0. The molecule has 0 spiro atoms. The Morgan fingerprint density at radius 3 is 2.04 bits per heavy atom. The SMILES string of the molecule is COc1ccc(-c2ccc3c(c2)C(C)(C)CCC3(C)C)ccc1=O. The summed E-state index contributed by atoms with van der Waals surface area (Å²) in [7, 11) is 1.53. The minimum Gasteiger partial charge on any atom is -0.493 e. The van der Waals surface area contributed by atoms with Gasteiger partial charge in [-0.05, 0) is 58.1 Å². The molecule has 0 N–H and O–H groups in total. The van der Waals surface area contributed by atoms with Gasteiger partial charge in [-0.3, -0.25) is 4.79 Å². The van der Waals surface area contributed by atoms with Crippen molar-refractivity contribution in [3.8, 4) is 16.9 Å². The largest absolute Gasteiger partial charge is 0.493 e. The number of hydrogen-bond acceptors (Lipinski definition) is 2. The van der Waals surface area contributed by atoms with Crippen molar-refractivity contribution in [3.63, 3.8) is 0 Å². The van der Waals surface area contributed by atoms with Crippen LogP contribution in [0, 0.1) is 0 Å². The van der Waals surface area contributed by atoms with Gasteiger partial charge in [0.15, 0.2) is 5.75 Å². The highest BCUT2D eigenvalue weighted by Crippen LogP contribution is 2.46. The molecule has 1 aliphatic rings. The second-order valence-corrected chi connectivity index (χ2v) is 8.08. The molecule has 2 heteroatoms. The van der Waals surface area contributed by atoms with E-state index in [-0.39, 0.29) is 16.3 Å². The molecule has 1 aliphatic carbocycles. The predicted molar refractivity (Wildman–Crippen MR) is 100.0 cm³/mol. The van der Waals surface area contributed by atoms with Crippen molar-refractivity contribution in [1.82, 2.24) is 0 Å². The monoisotopic (exact) mass is 322 g/mol. The first-order chi connectivity index (χ1) is 11.2. The average molecular weight is 322 g/mol. The van der Waals surface area contributed by atoms with Crippen molar-refractivity contribution in [1.29, 1.82) is 0 Å². The molecule has 3 rings (SSSR count). The molecule has 0 aromatic heterocycles. The van der Waals surface area contributed by atoms with Crippen LogP contribution >= 0.6 is 0 Å². The van der Waals surface area contributed by atoms with E-state index in [1.54, 1.807) is 12.1 Å². The third-order valence-electron chi connectivity index (χ3n) is 5.48. The first-order valence-corrected chi connectivity index (χ1v) is 8.58. The number of methoxy groups -OCH3 is 1. The third-order valence-corrected chi connectivity index (χ3v) is 5.48. The lowest BCUT2D eigenvalue weighted by atomic mass is 9.63. The van der Waals surface area contributed by atoms with Crippen molar-refractivity contribution < 1.29 is 4.74 Å². The second-order valence-electron chi connectivity index (χ2n) is 8.08. The standard InChI is InChI=1S/C22H26O2/c1-21(2)12-13-22(3,4)18-14-16(6-9-17(18)21)15-7-10-19(23)20(24-5)11-8-15/h6-11,14H,12-13H2,1-5H3. The molecule has 126 valence electrons. The molecule has 0 amide bonds. The first kappa shape index (κ1) is 16.8. The Hall–Kier alpha value is -2.09. The Kier molecular flexibility index (Phi) is 4.03. The van der Waals surface area contributed by atoms with Gasteiger partial charge in [0.25, 0.3) is 0 Å². The van der Waals surface area contributed by atoms with Gasteiger partial charge in [-0.15, -0.1) is 0 Å². The molecule has 2 aromatic rings. The molecule has 0 aliphatic heterocycles. The summed E-state index contributed by atoms with van der Waals surface area (Å²) in [5, 5.41) is 0. The fraction of sp³-hybridized carbons (Fsp3) is 0.409. The highest BCUT2D eigenvalue weighted by molar-refractivity contribution is 5.66. The van der Waals surface area contributed by atoms with Gasteiger partial charge in [-0.25, -0.2) is 0 Å². The molecular weight excluding hydrogens is 296 g/mol. The number of hydrogen-bond donors (Lipinski definition) is 0. The summed E-state index contributed by atoms with van der Waals surface area (Å²) in [6.07, 6.45) is 2.40. The van der Waals surface area contributed by atoms with Crippen LogP contribution in [0.15, 0.2) is 47.3 Å². The van der Waals surface area contributed by atoms with Crippen molar-refractivity contribution in [2.75, 3.05) is 7.11 Å². The fourth-order valence-electron chi connectivity index (χ4n) is 3.68. The van der Waals surface area contributed by atoms with E-state index in [0.717, 1.165) is 11.1 Å². The van der Waals surface area contributed by atoms with Gasteiger partial charge in [0, 0.05) is 0 Å². The van der Waals surface area contributed by atoms with E-state index >= 15 is 0 Å². The number of ether oxygens (including phenoxy) is 1. The van der Waals surface area contributed by atoms with Crippen molar-refractivity contribution in [3.05, 3.63) is 63.8 Å². The zero-order valence-corrected chi connectivity index (χ0v) is 15.3. The molecule has 0 radical (unpaired) electrons. The fourth-order valence-corrected chi connectivity index (χ4v) is 3.68. The summed E-state index contributed by atoms with van der Waals surface area (Å²) in [6, 6.07) is 13.9. The van der Waals surface area contributed by atoms with Gasteiger partial charge >= 0.3 is 0 Å². The van der Waals surface area contributed by atoms with Crippen molar-refractivity contribution in [2.45, 2.75) is 51.4 Å². The number of rotatable bonds is 2. The zero-order valence-electron chi connectivity index (χ0n) is 15.3. The molecule has 0 heterocycles. The van der Waals surface area contributed by atoms with Gasteiger partial charge < -0.3 is 4.74 Å². The van der Waals surface area contributed by atoms with Crippen LogP contribution in [0.4, 0.5) is 0 Å². The van der Waals surface area contributed by atoms with Crippen molar-refractivity contribution in [2.24, 2.45) is 0 Å². The molecule has 2 aromatic carbocycles. The maximum atomic E-state index is 11.9. The molecule has 0 saturated carbocycles. The zero-order chi connectivity index (χ0) is 17.5. The normalized spacial score (nSPS) is 17.9. The van der Waals surface area contributed by atoms with Gasteiger partial charge in [0.05, 0.1) is 7.11 Å². The summed E-state index contributed by atoms with van der Waals surface area (Å²) in [5.41, 5.74) is 5.37. The highest BCUT2D eigenvalue weighted by atomic mass is 16.5. The van der Waals surface area contributed by atoms with Crippen LogP contribution < -0.4 is 10.2 Å². The molecule has 24 heavy (non-hydrogen) atoms. The Morgan fingerprint density at radius 1 is 0.792 bits per heavy atom. The number of benzene rings is 1. The second kappa shape index (κ2) is 5.77. The lowest BCUT2D eigenvalue weighted by molar-refractivity contribution is 0.332. The van der Waals surface area contributed by atoms with Crippen molar-refractivity contribution >= 4 is 0 Å². The van der Waals surface area contributed by atoms with E-state index in [1.165, 1.54) is 31.1 Å². The predicted octanol–water partition coefficient (Wildman–Crippen LogP) is 5.07. The van der Waals surface area contributed by atoms with Gasteiger partial charge in [0.1, 0.15) is 0 Å². The smallest absolute Gasteiger partial charge is 0.220 e. The van der Waals surface area contributed by atoms with E-state index in [0.29, 0.717) is 5.75 Å². The maximum Gasteiger partial charge on any atom is 0.220 e. The third kappa shape index (κ3) is 2.86. The molecule has 0 atom stereocenters. The topological polar surface area (TPSA) is 26.3 Å². The molecule has 0 saturated heterocycles. The summed E-state index contributed by atoms with van der Waals surface area (Å²) in [5.74, 6) is 0.376. The number of fused-ring (bicyclic) bond motifs is 1. The minimum absolute atomic E-state index is 0.0943. The van der Waals surface area contributed by atoms with Crippen LogP contribution in [0.2, 0.25) is 0 Å². The quantitative estimate of drug-likeness (QED) is 0.771. The van der Waals surface area contributed by atoms with Crippen LogP contribution in [-0.2, 0) is 10.8 Å². The van der Waals surface area contributed by atoms with Gasteiger partial charge in [-0.2, -0.15) is 0 Å². The minimum atomic E-state index is -0.0943. The van der Waals surface area contributed by atoms with Gasteiger partial charge in [0.2, 0.25) is 5.43 Å². The molecule has 0 fully saturated rings. The van der Waals surface area contributed by atoms with E-state index in [1.807, 2.05) is 12.1 Å². The summed E-state index contributed by atoms with van der Waals surface area (Å²) in [6.45, 7) is 9.32. The highest BCUT2D eigenvalue weighted by Gasteiger charge is 2.36. The Labute approximate surface area is 144 Å². The molecular formula is C22H26O2. The molecule has 0 unspecified atom stereocenters. The van der Waals surface area contributed by atoms with E-state index < -0.39 is 0 Å². The summed E-state index contributed by atoms with van der Waals surface area (Å²) in [4.78, 5) is 11.9. The maximum absolute atomic E-state index is 11.9. The lowest BCUT2D eigenvalue weighted by Crippen LogP contribution is -2.33. The van der Waals surface area contributed by atoms with E-state index in [2.05, 4.69) is 45.9 Å². The first-order valence-electron chi connectivity index (χ1n) is 8.58. The lowest BCUT2D eigenvalue weighted by Gasteiger charge is -2.42. The van der Waals surface area contributed by atoms with Crippen LogP contribution in [0.3, 0.4) is 0 Å². The van der Waals surface area contributed by atoms with Crippen LogP contribution in [-0.4, -0.2) is 7.11 Å². The molecule has 2 nitrogen and oxygen atoms in total. The van der Waals surface area contributed by atoms with Crippen LogP contribution in [0.5, 0.6) is 5.75 Å². The van der Waals surface area contributed by atoms with Crippen LogP contribution in [0.1, 0.15) is 51.7 Å². The Balaban J connectivity index is 2.16.